The van der Waals surface area contributed by atoms with Crippen LogP contribution in [-0.4, -0.2) is 16.9 Å². The highest BCUT2D eigenvalue weighted by Gasteiger charge is 2.10. The monoisotopic (exact) mass is 203 g/mol. The molecule has 0 aliphatic rings. The second kappa shape index (κ2) is 5.78. The van der Waals surface area contributed by atoms with Crippen molar-refractivity contribution in [3.05, 3.63) is 30.1 Å². The highest BCUT2D eigenvalue weighted by Crippen LogP contribution is 1.93. The zero-order valence-electron chi connectivity index (χ0n) is 8.31. The van der Waals surface area contributed by atoms with Crippen LogP contribution in [-0.2, 0) is 11.3 Å². The van der Waals surface area contributed by atoms with Crippen LogP contribution in [0, 0.1) is 12.3 Å². The number of amides is 1. The maximum atomic E-state index is 11.3. The Morgan fingerprint density at radius 2 is 2.47 bits per heavy atom. The number of hydrogen-bond acceptors (Lipinski definition) is 3. The van der Waals surface area contributed by atoms with E-state index in [0.717, 1.165) is 5.69 Å². The van der Waals surface area contributed by atoms with Crippen LogP contribution in [0.3, 0.4) is 0 Å². The molecule has 0 saturated carbocycles. The fourth-order valence-electron chi connectivity index (χ4n) is 1.03. The lowest BCUT2D eigenvalue weighted by Crippen LogP contribution is -2.40. The number of nitrogens with zero attached hydrogens (tertiary/aromatic N) is 1. The third kappa shape index (κ3) is 3.79. The van der Waals surface area contributed by atoms with Crippen LogP contribution in [0.5, 0.6) is 0 Å². The summed E-state index contributed by atoms with van der Waals surface area (Å²) in [6.45, 7) is 0.373. The topological polar surface area (TPSA) is 68.0 Å². The summed E-state index contributed by atoms with van der Waals surface area (Å²) < 4.78 is 0. The molecule has 15 heavy (non-hydrogen) atoms. The number of nitrogens with one attached hydrogen (secondary N) is 1. The van der Waals surface area contributed by atoms with Gasteiger partial charge in [-0.3, -0.25) is 9.78 Å². The fourth-order valence-corrected chi connectivity index (χ4v) is 1.03. The molecule has 1 amide bonds. The Morgan fingerprint density at radius 3 is 3.07 bits per heavy atom. The molecule has 0 radical (unpaired) electrons. The van der Waals surface area contributed by atoms with Crippen LogP contribution < -0.4 is 11.1 Å². The minimum Gasteiger partial charge on any atom is -0.349 e. The van der Waals surface area contributed by atoms with E-state index in [2.05, 4.69) is 16.2 Å². The van der Waals surface area contributed by atoms with Gasteiger partial charge in [-0.05, 0) is 12.1 Å². The lowest BCUT2D eigenvalue weighted by atomic mass is 10.2. The molecule has 0 aliphatic carbocycles. The molecule has 1 unspecified atom stereocenters. The van der Waals surface area contributed by atoms with Gasteiger partial charge in [0.2, 0.25) is 5.91 Å². The molecule has 3 N–H and O–H groups in total. The van der Waals surface area contributed by atoms with Crippen molar-refractivity contribution in [2.45, 2.75) is 19.0 Å². The van der Waals surface area contributed by atoms with Crippen molar-refractivity contribution in [2.24, 2.45) is 5.73 Å². The summed E-state index contributed by atoms with van der Waals surface area (Å²) in [4.78, 5) is 15.4. The third-order valence-corrected chi connectivity index (χ3v) is 1.84. The lowest BCUT2D eigenvalue weighted by Gasteiger charge is -2.08. The van der Waals surface area contributed by atoms with Crippen LogP contribution in [0.1, 0.15) is 12.1 Å². The second-order valence-electron chi connectivity index (χ2n) is 3.05. The lowest BCUT2D eigenvalue weighted by molar-refractivity contribution is -0.122. The quantitative estimate of drug-likeness (QED) is 0.679. The predicted molar refractivity (Wildman–Crippen MR) is 57.5 cm³/mol. The van der Waals surface area contributed by atoms with Crippen molar-refractivity contribution < 1.29 is 4.79 Å². The summed E-state index contributed by atoms with van der Waals surface area (Å²) in [5.74, 6) is 2.09. The summed E-state index contributed by atoms with van der Waals surface area (Å²) in [5, 5.41) is 2.66. The third-order valence-electron chi connectivity index (χ3n) is 1.84. The summed E-state index contributed by atoms with van der Waals surface area (Å²) in [6.07, 6.45) is 6.97. The summed E-state index contributed by atoms with van der Waals surface area (Å²) in [6, 6.07) is 4.86. The van der Waals surface area contributed by atoms with E-state index in [0.29, 0.717) is 6.54 Å². The Balaban J connectivity index is 2.38. The average Bonchev–Trinajstić information content (AvgIpc) is 2.27. The van der Waals surface area contributed by atoms with E-state index < -0.39 is 6.04 Å². The first-order chi connectivity index (χ1) is 7.24. The Hall–Kier alpha value is -1.86. The predicted octanol–water partition coefficient (Wildman–Crippen LogP) is 0.0484. The standard InChI is InChI=1S/C11H13N3O/c1-2-5-10(12)11(15)14-8-9-6-3-4-7-13-9/h1,3-4,6-7,10H,5,8,12H2,(H,14,15). The van der Waals surface area contributed by atoms with Gasteiger partial charge in [0, 0.05) is 12.6 Å². The van der Waals surface area contributed by atoms with Crippen molar-refractivity contribution in [3.63, 3.8) is 0 Å². The minimum absolute atomic E-state index is 0.244. The van der Waals surface area contributed by atoms with Gasteiger partial charge in [0.25, 0.3) is 0 Å². The first-order valence-electron chi connectivity index (χ1n) is 4.60. The molecule has 78 valence electrons. The molecular weight excluding hydrogens is 190 g/mol. The van der Waals surface area contributed by atoms with Crippen molar-refractivity contribution in [1.82, 2.24) is 10.3 Å². The molecule has 0 aliphatic heterocycles. The Kier molecular flexibility index (Phi) is 4.32. The fraction of sp³-hybridized carbons (Fsp3) is 0.273. The number of hydrogen-bond donors (Lipinski definition) is 2. The molecule has 4 heteroatoms. The van der Waals surface area contributed by atoms with Gasteiger partial charge >= 0.3 is 0 Å². The van der Waals surface area contributed by atoms with Crippen LogP contribution in [0.15, 0.2) is 24.4 Å². The summed E-state index contributed by atoms with van der Waals surface area (Å²) in [5.41, 5.74) is 6.31. The number of aromatic nitrogens is 1. The second-order valence-corrected chi connectivity index (χ2v) is 3.05. The molecule has 0 saturated heterocycles. The number of nitrogens with two attached hydrogens (primary N) is 1. The number of carbonyl (C=O) groups excluding carboxylic acids is 1. The van der Waals surface area contributed by atoms with Crippen molar-refractivity contribution in [3.8, 4) is 12.3 Å². The number of carbonyl (C=O) groups is 1. The van der Waals surface area contributed by atoms with Crippen molar-refractivity contribution >= 4 is 5.91 Å². The maximum Gasteiger partial charge on any atom is 0.238 e. The van der Waals surface area contributed by atoms with Gasteiger partial charge in [0.1, 0.15) is 0 Å². The maximum absolute atomic E-state index is 11.3. The number of rotatable bonds is 4. The SMILES string of the molecule is C#CCC(N)C(=O)NCc1ccccn1. The Labute approximate surface area is 88.9 Å². The molecule has 1 aromatic heterocycles. The highest BCUT2D eigenvalue weighted by atomic mass is 16.2. The van der Waals surface area contributed by atoms with Crippen LogP contribution in [0.25, 0.3) is 0 Å². The first kappa shape index (κ1) is 11.2. The van der Waals surface area contributed by atoms with E-state index in [1.54, 1.807) is 6.20 Å². The van der Waals surface area contributed by atoms with E-state index in [1.165, 1.54) is 0 Å². The summed E-state index contributed by atoms with van der Waals surface area (Å²) in [7, 11) is 0. The highest BCUT2D eigenvalue weighted by molar-refractivity contribution is 5.81. The molecule has 1 atom stereocenters. The number of terminal acetylenes is 1. The van der Waals surface area contributed by atoms with Gasteiger partial charge in [-0.1, -0.05) is 6.07 Å². The van der Waals surface area contributed by atoms with Crippen LogP contribution in [0.2, 0.25) is 0 Å². The van der Waals surface area contributed by atoms with Gasteiger partial charge in [-0.25, -0.2) is 0 Å². The Morgan fingerprint density at radius 1 is 1.67 bits per heavy atom. The smallest absolute Gasteiger partial charge is 0.238 e. The van der Waals surface area contributed by atoms with E-state index in [1.807, 2.05) is 18.2 Å². The first-order valence-corrected chi connectivity index (χ1v) is 4.60. The van der Waals surface area contributed by atoms with Crippen molar-refractivity contribution in [2.75, 3.05) is 0 Å². The molecule has 1 heterocycles. The van der Waals surface area contributed by atoms with Crippen LogP contribution in [0.4, 0.5) is 0 Å². The van der Waals surface area contributed by atoms with E-state index in [4.69, 9.17) is 12.2 Å². The largest absolute Gasteiger partial charge is 0.349 e. The molecule has 0 fully saturated rings. The van der Waals surface area contributed by atoms with Gasteiger partial charge in [-0.15, -0.1) is 12.3 Å². The van der Waals surface area contributed by atoms with Crippen molar-refractivity contribution in [1.29, 1.82) is 0 Å². The Bertz CT molecular complexity index is 356. The zero-order chi connectivity index (χ0) is 11.1. The minimum atomic E-state index is -0.640. The van der Waals surface area contributed by atoms with Gasteiger partial charge in [-0.2, -0.15) is 0 Å². The van der Waals surface area contributed by atoms with Gasteiger partial charge in [0.05, 0.1) is 18.3 Å². The molecule has 0 spiro atoms. The molecule has 0 aromatic carbocycles. The van der Waals surface area contributed by atoms with Gasteiger partial charge < -0.3 is 11.1 Å². The molecular formula is C11H13N3O. The number of pyridine rings is 1. The van der Waals surface area contributed by atoms with Gasteiger partial charge in [0.15, 0.2) is 0 Å². The molecule has 1 rings (SSSR count). The molecule has 0 bridgehead atoms. The summed E-state index contributed by atoms with van der Waals surface area (Å²) >= 11 is 0. The normalized spacial score (nSPS) is 11.5. The van der Waals surface area contributed by atoms with E-state index in [-0.39, 0.29) is 12.3 Å². The molecule has 4 nitrogen and oxygen atoms in total. The molecule has 1 aromatic rings. The van der Waals surface area contributed by atoms with Crippen LogP contribution >= 0.6 is 0 Å². The van der Waals surface area contributed by atoms with E-state index in [9.17, 15) is 4.79 Å². The average molecular weight is 203 g/mol. The zero-order valence-corrected chi connectivity index (χ0v) is 8.31. The van der Waals surface area contributed by atoms with E-state index >= 15 is 0 Å².